The van der Waals surface area contributed by atoms with Gasteiger partial charge in [0.05, 0.1) is 13.2 Å². The molecule has 114 valence electrons. The zero-order chi connectivity index (χ0) is 15.2. The van der Waals surface area contributed by atoms with Gasteiger partial charge in [-0.2, -0.15) is 11.8 Å². The van der Waals surface area contributed by atoms with Gasteiger partial charge in [-0.3, -0.25) is 9.69 Å². The van der Waals surface area contributed by atoms with Crippen LogP contribution in [-0.2, 0) is 4.79 Å². The molecule has 1 aromatic rings. The molecule has 1 aromatic carbocycles. The number of carbonyl (C=O) groups is 2. The third-order valence-corrected chi connectivity index (χ3v) is 4.15. The number of urea groups is 1. The molecule has 1 aliphatic heterocycles. The quantitative estimate of drug-likeness (QED) is 0.618. The summed E-state index contributed by atoms with van der Waals surface area (Å²) in [6, 6.07) is 5.87. The van der Waals surface area contributed by atoms with E-state index >= 15 is 0 Å². The largest absolute Gasteiger partial charge is 0.492 e. The van der Waals surface area contributed by atoms with Gasteiger partial charge in [-0.25, -0.2) is 4.79 Å². The average molecular weight is 308 g/mol. The highest BCUT2D eigenvalue weighted by molar-refractivity contribution is 7.99. The summed E-state index contributed by atoms with van der Waals surface area (Å²) in [5, 5.41) is 2.51. The van der Waals surface area contributed by atoms with Gasteiger partial charge in [0, 0.05) is 18.1 Å². The zero-order valence-electron chi connectivity index (χ0n) is 12.3. The van der Waals surface area contributed by atoms with Crippen molar-refractivity contribution >= 4 is 23.7 Å². The molecule has 0 aliphatic carbocycles. The fourth-order valence-corrected chi connectivity index (χ4v) is 2.73. The Hall–Kier alpha value is -1.69. The van der Waals surface area contributed by atoms with Gasteiger partial charge in [-0.15, -0.1) is 0 Å². The van der Waals surface area contributed by atoms with Crippen molar-refractivity contribution in [3.63, 3.8) is 0 Å². The lowest BCUT2D eigenvalue weighted by atomic mass is 10.1. The Morgan fingerprint density at radius 2 is 2.10 bits per heavy atom. The minimum Gasteiger partial charge on any atom is -0.492 e. The van der Waals surface area contributed by atoms with Crippen molar-refractivity contribution in [3.8, 4) is 5.75 Å². The van der Waals surface area contributed by atoms with Crippen LogP contribution >= 0.6 is 11.8 Å². The van der Waals surface area contributed by atoms with Gasteiger partial charge in [0.2, 0.25) is 5.91 Å². The molecule has 5 nitrogen and oxygen atoms in total. The highest BCUT2D eigenvalue weighted by Gasteiger charge is 2.27. The molecule has 1 saturated heterocycles. The summed E-state index contributed by atoms with van der Waals surface area (Å²) in [6.45, 7) is 5.27. The molecule has 1 fully saturated rings. The molecule has 0 spiro atoms. The lowest BCUT2D eigenvalue weighted by Crippen LogP contribution is -2.33. The Bertz CT molecular complexity index is 518. The summed E-state index contributed by atoms with van der Waals surface area (Å²) >= 11 is 1.67. The predicted octanol–water partition coefficient (Wildman–Crippen LogP) is 1.97. The number of benzene rings is 1. The number of thioether (sulfide) groups is 1. The molecule has 0 saturated carbocycles. The molecule has 21 heavy (non-hydrogen) atoms. The topological polar surface area (TPSA) is 58.6 Å². The van der Waals surface area contributed by atoms with E-state index in [1.54, 1.807) is 11.8 Å². The number of hydrogen-bond donors (Lipinski definition) is 1. The van der Waals surface area contributed by atoms with Crippen molar-refractivity contribution in [1.82, 2.24) is 10.2 Å². The van der Waals surface area contributed by atoms with E-state index in [-0.39, 0.29) is 18.5 Å². The number of nitrogens with zero attached hydrogens (tertiary/aromatic N) is 1. The summed E-state index contributed by atoms with van der Waals surface area (Å²) < 4.78 is 5.75. The number of ether oxygens (including phenoxy) is 1. The van der Waals surface area contributed by atoms with Crippen LogP contribution in [0.2, 0.25) is 0 Å². The minimum atomic E-state index is -0.285. The van der Waals surface area contributed by atoms with Crippen molar-refractivity contribution in [3.05, 3.63) is 29.3 Å². The molecule has 0 unspecified atom stereocenters. The van der Waals surface area contributed by atoms with Crippen LogP contribution in [0, 0.1) is 13.8 Å². The van der Waals surface area contributed by atoms with Gasteiger partial charge in [0.15, 0.2) is 0 Å². The monoisotopic (exact) mass is 308 g/mol. The van der Waals surface area contributed by atoms with Crippen molar-refractivity contribution in [2.24, 2.45) is 0 Å². The van der Waals surface area contributed by atoms with E-state index in [2.05, 4.69) is 17.4 Å². The Labute approximate surface area is 129 Å². The summed E-state index contributed by atoms with van der Waals surface area (Å²) in [6.07, 6.45) is 0. The number of rotatable bonds is 7. The maximum atomic E-state index is 11.4. The van der Waals surface area contributed by atoms with Gasteiger partial charge in [-0.1, -0.05) is 12.1 Å². The smallest absolute Gasteiger partial charge is 0.324 e. The predicted molar refractivity (Wildman–Crippen MR) is 83.8 cm³/mol. The number of amides is 3. The van der Waals surface area contributed by atoms with E-state index in [0.717, 1.165) is 22.8 Å². The van der Waals surface area contributed by atoms with Gasteiger partial charge in [0.25, 0.3) is 0 Å². The molecule has 0 atom stereocenters. The minimum absolute atomic E-state index is 0.124. The van der Waals surface area contributed by atoms with E-state index < -0.39 is 0 Å². The van der Waals surface area contributed by atoms with Crippen molar-refractivity contribution in [2.45, 2.75) is 13.8 Å². The fraction of sp³-hybridized carbons (Fsp3) is 0.467. The van der Waals surface area contributed by atoms with Crippen LogP contribution in [0.5, 0.6) is 5.75 Å². The van der Waals surface area contributed by atoms with Gasteiger partial charge >= 0.3 is 6.03 Å². The number of aryl methyl sites for hydroxylation is 2. The van der Waals surface area contributed by atoms with E-state index in [1.165, 1.54) is 10.5 Å². The van der Waals surface area contributed by atoms with Gasteiger partial charge < -0.3 is 10.1 Å². The van der Waals surface area contributed by atoms with Crippen LogP contribution in [0.15, 0.2) is 18.2 Å². The summed E-state index contributed by atoms with van der Waals surface area (Å²) in [5.74, 6) is 2.34. The van der Waals surface area contributed by atoms with E-state index in [9.17, 15) is 9.59 Å². The number of imide groups is 1. The molecule has 2 rings (SSSR count). The van der Waals surface area contributed by atoms with Crippen LogP contribution in [0.4, 0.5) is 4.79 Å². The number of nitrogens with one attached hydrogen (secondary N) is 1. The summed E-state index contributed by atoms with van der Waals surface area (Å²) in [5.41, 5.74) is 2.31. The third kappa shape index (κ3) is 4.39. The van der Waals surface area contributed by atoms with Crippen molar-refractivity contribution in [1.29, 1.82) is 0 Å². The molecule has 0 radical (unpaired) electrons. The molecule has 1 N–H and O–H groups in total. The first kappa shape index (κ1) is 15.7. The van der Waals surface area contributed by atoms with E-state index in [4.69, 9.17) is 4.74 Å². The normalized spacial score (nSPS) is 14.5. The standard InChI is InChI=1S/C15H20N2O3S/c1-11-3-4-12(2)13(9-11)20-6-8-21-7-5-17-14(18)10-16-15(17)19/h3-4,9H,5-8,10H2,1-2H3,(H,16,19). The molecule has 3 amide bonds. The second-order valence-electron chi connectivity index (χ2n) is 4.93. The zero-order valence-corrected chi connectivity index (χ0v) is 13.2. The van der Waals surface area contributed by atoms with Gasteiger partial charge in [-0.05, 0) is 31.0 Å². The van der Waals surface area contributed by atoms with Crippen LogP contribution in [0.1, 0.15) is 11.1 Å². The van der Waals surface area contributed by atoms with E-state index in [0.29, 0.717) is 13.2 Å². The van der Waals surface area contributed by atoms with Crippen LogP contribution in [-0.4, -0.2) is 48.0 Å². The molecule has 1 heterocycles. The highest BCUT2D eigenvalue weighted by Crippen LogP contribution is 2.19. The Morgan fingerprint density at radius 3 is 2.81 bits per heavy atom. The van der Waals surface area contributed by atoms with Crippen molar-refractivity contribution in [2.75, 3.05) is 31.2 Å². The molecule has 6 heteroatoms. The molecule has 0 bridgehead atoms. The van der Waals surface area contributed by atoms with Crippen LogP contribution in [0.25, 0.3) is 0 Å². The molecular weight excluding hydrogens is 288 g/mol. The number of carbonyl (C=O) groups excluding carboxylic acids is 2. The second-order valence-corrected chi connectivity index (χ2v) is 6.16. The Balaban J connectivity index is 1.63. The average Bonchev–Trinajstić information content (AvgIpc) is 2.77. The third-order valence-electron chi connectivity index (χ3n) is 3.23. The lowest BCUT2D eigenvalue weighted by molar-refractivity contribution is -0.124. The maximum Gasteiger partial charge on any atom is 0.324 e. The van der Waals surface area contributed by atoms with Crippen LogP contribution < -0.4 is 10.1 Å². The summed E-state index contributed by atoms with van der Waals surface area (Å²) in [4.78, 5) is 23.9. The fourth-order valence-electron chi connectivity index (χ4n) is 2.01. The van der Waals surface area contributed by atoms with E-state index in [1.807, 2.05) is 19.9 Å². The highest BCUT2D eigenvalue weighted by atomic mass is 32.2. The Kier molecular flexibility index (Phi) is 5.50. The van der Waals surface area contributed by atoms with Gasteiger partial charge in [0.1, 0.15) is 5.75 Å². The first-order chi connectivity index (χ1) is 10.1. The first-order valence-electron chi connectivity index (χ1n) is 6.94. The SMILES string of the molecule is Cc1ccc(C)c(OCCSCCN2C(=O)CNC2=O)c1. The Morgan fingerprint density at radius 1 is 1.29 bits per heavy atom. The number of hydrogen-bond acceptors (Lipinski definition) is 4. The first-order valence-corrected chi connectivity index (χ1v) is 8.09. The lowest BCUT2D eigenvalue weighted by Gasteiger charge is -2.12. The maximum absolute atomic E-state index is 11.4. The summed E-state index contributed by atoms with van der Waals surface area (Å²) in [7, 11) is 0. The van der Waals surface area contributed by atoms with Crippen LogP contribution in [0.3, 0.4) is 0 Å². The van der Waals surface area contributed by atoms with Crippen molar-refractivity contribution < 1.29 is 14.3 Å². The molecular formula is C15H20N2O3S. The molecule has 1 aliphatic rings. The molecule has 0 aromatic heterocycles. The second kappa shape index (κ2) is 7.36.